The van der Waals surface area contributed by atoms with Crippen molar-refractivity contribution in [3.8, 4) is 0 Å². The third-order valence-corrected chi connectivity index (χ3v) is 3.30. The van der Waals surface area contributed by atoms with Gasteiger partial charge < -0.3 is 19.5 Å². The average molecular weight is 243 g/mol. The number of hydrogen-bond donors (Lipinski definition) is 1. The SMILES string of the molecule is CCNC1COCC1C(=O)OC1CCOCC1. The third-order valence-electron chi connectivity index (χ3n) is 3.30. The van der Waals surface area contributed by atoms with Crippen LogP contribution in [0.25, 0.3) is 0 Å². The molecule has 0 bridgehead atoms. The van der Waals surface area contributed by atoms with Crippen molar-refractivity contribution in [2.24, 2.45) is 5.92 Å². The highest BCUT2D eigenvalue weighted by Gasteiger charge is 2.36. The Bertz CT molecular complexity index is 253. The Balaban J connectivity index is 1.81. The Hall–Kier alpha value is -0.650. The van der Waals surface area contributed by atoms with Crippen molar-refractivity contribution in [3.05, 3.63) is 0 Å². The predicted molar refractivity (Wildman–Crippen MR) is 61.7 cm³/mol. The fraction of sp³-hybridized carbons (Fsp3) is 0.917. The van der Waals surface area contributed by atoms with Gasteiger partial charge in [0.1, 0.15) is 6.10 Å². The second kappa shape index (κ2) is 6.33. The summed E-state index contributed by atoms with van der Waals surface area (Å²) < 4.78 is 16.1. The lowest BCUT2D eigenvalue weighted by atomic mass is 10.0. The molecular weight excluding hydrogens is 222 g/mol. The van der Waals surface area contributed by atoms with E-state index in [4.69, 9.17) is 14.2 Å². The van der Waals surface area contributed by atoms with Crippen LogP contribution in [0.1, 0.15) is 19.8 Å². The summed E-state index contributed by atoms with van der Waals surface area (Å²) in [6.45, 7) is 5.32. The summed E-state index contributed by atoms with van der Waals surface area (Å²) >= 11 is 0. The first-order chi connectivity index (χ1) is 8.31. The van der Waals surface area contributed by atoms with Gasteiger partial charge in [0, 0.05) is 18.9 Å². The summed E-state index contributed by atoms with van der Waals surface area (Å²) in [6.07, 6.45) is 1.65. The average Bonchev–Trinajstić information content (AvgIpc) is 2.79. The molecule has 0 saturated carbocycles. The molecule has 2 heterocycles. The minimum atomic E-state index is -0.155. The topological polar surface area (TPSA) is 56.8 Å². The Morgan fingerprint density at radius 2 is 2.06 bits per heavy atom. The van der Waals surface area contributed by atoms with Crippen molar-refractivity contribution in [3.63, 3.8) is 0 Å². The number of carbonyl (C=O) groups is 1. The first kappa shape index (κ1) is 12.8. The summed E-state index contributed by atoms with van der Waals surface area (Å²) in [5, 5.41) is 3.26. The van der Waals surface area contributed by atoms with Crippen LogP contribution in [0.5, 0.6) is 0 Å². The van der Waals surface area contributed by atoms with Crippen molar-refractivity contribution in [2.45, 2.75) is 31.9 Å². The van der Waals surface area contributed by atoms with E-state index >= 15 is 0 Å². The highest BCUT2D eigenvalue weighted by Crippen LogP contribution is 2.19. The van der Waals surface area contributed by atoms with Crippen LogP contribution >= 0.6 is 0 Å². The summed E-state index contributed by atoms with van der Waals surface area (Å²) in [5.74, 6) is -0.279. The van der Waals surface area contributed by atoms with E-state index in [1.807, 2.05) is 6.92 Å². The van der Waals surface area contributed by atoms with Crippen LogP contribution in [0.2, 0.25) is 0 Å². The van der Waals surface area contributed by atoms with Gasteiger partial charge in [-0.25, -0.2) is 0 Å². The fourth-order valence-electron chi connectivity index (χ4n) is 2.30. The quantitative estimate of drug-likeness (QED) is 0.721. The standard InChI is InChI=1S/C12H21NO4/c1-2-13-11-8-16-7-10(11)12(14)17-9-3-5-15-6-4-9/h9-11,13H,2-8H2,1H3. The third kappa shape index (κ3) is 3.40. The highest BCUT2D eigenvalue weighted by molar-refractivity contribution is 5.74. The smallest absolute Gasteiger partial charge is 0.313 e. The van der Waals surface area contributed by atoms with E-state index in [-0.39, 0.29) is 24.0 Å². The minimum Gasteiger partial charge on any atom is -0.462 e. The van der Waals surface area contributed by atoms with E-state index in [1.165, 1.54) is 0 Å². The van der Waals surface area contributed by atoms with Gasteiger partial charge in [0.25, 0.3) is 0 Å². The molecule has 17 heavy (non-hydrogen) atoms. The number of rotatable bonds is 4. The molecule has 0 aromatic rings. The van der Waals surface area contributed by atoms with Crippen LogP contribution in [-0.2, 0) is 19.0 Å². The van der Waals surface area contributed by atoms with Gasteiger partial charge in [-0.05, 0) is 6.54 Å². The molecule has 2 aliphatic heterocycles. The Kier molecular flexibility index (Phi) is 4.76. The molecule has 2 saturated heterocycles. The summed E-state index contributed by atoms with van der Waals surface area (Å²) in [7, 11) is 0. The molecule has 0 aliphatic carbocycles. The molecule has 5 nitrogen and oxygen atoms in total. The van der Waals surface area contributed by atoms with Crippen LogP contribution in [0.15, 0.2) is 0 Å². The van der Waals surface area contributed by atoms with E-state index in [9.17, 15) is 4.79 Å². The van der Waals surface area contributed by atoms with Crippen molar-refractivity contribution in [2.75, 3.05) is 33.0 Å². The molecule has 1 N–H and O–H groups in total. The van der Waals surface area contributed by atoms with Crippen LogP contribution in [-0.4, -0.2) is 51.1 Å². The first-order valence-electron chi connectivity index (χ1n) is 6.40. The maximum absolute atomic E-state index is 12.0. The molecule has 0 aromatic carbocycles. The van der Waals surface area contributed by atoms with Gasteiger partial charge in [-0.3, -0.25) is 4.79 Å². The zero-order chi connectivity index (χ0) is 12.1. The molecule has 0 amide bonds. The fourth-order valence-corrected chi connectivity index (χ4v) is 2.30. The second-order valence-electron chi connectivity index (χ2n) is 4.56. The number of hydrogen-bond acceptors (Lipinski definition) is 5. The number of carbonyl (C=O) groups excluding carboxylic acids is 1. The maximum Gasteiger partial charge on any atom is 0.313 e. The molecule has 0 aromatic heterocycles. The normalized spacial score (nSPS) is 30.4. The molecule has 5 heteroatoms. The van der Waals surface area contributed by atoms with Gasteiger partial charge in [0.15, 0.2) is 0 Å². The van der Waals surface area contributed by atoms with E-state index < -0.39 is 0 Å². The lowest BCUT2D eigenvalue weighted by molar-refractivity contribution is -0.158. The van der Waals surface area contributed by atoms with Gasteiger partial charge in [-0.1, -0.05) is 6.92 Å². The van der Waals surface area contributed by atoms with Gasteiger partial charge in [0.2, 0.25) is 0 Å². The summed E-state index contributed by atoms with van der Waals surface area (Å²) in [6, 6.07) is 0.104. The largest absolute Gasteiger partial charge is 0.462 e. The van der Waals surface area contributed by atoms with Gasteiger partial charge in [-0.2, -0.15) is 0 Å². The van der Waals surface area contributed by atoms with E-state index in [0.29, 0.717) is 26.4 Å². The number of likely N-dealkylation sites (N-methyl/N-ethyl adjacent to an activating group) is 1. The monoisotopic (exact) mass is 243 g/mol. The maximum atomic E-state index is 12.0. The van der Waals surface area contributed by atoms with E-state index in [1.54, 1.807) is 0 Å². The van der Waals surface area contributed by atoms with Crippen LogP contribution in [0, 0.1) is 5.92 Å². The molecule has 2 fully saturated rings. The summed E-state index contributed by atoms with van der Waals surface area (Å²) in [4.78, 5) is 12.0. The lowest BCUT2D eigenvalue weighted by Crippen LogP contribution is -2.41. The van der Waals surface area contributed by atoms with Gasteiger partial charge >= 0.3 is 5.97 Å². The molecule has 2 rings (SSSR count). The minimum absolute atomic E-state index is 0.0270. The molecule has 2 unspecified atom stereocenters. The van der Waals surface area contributed by atoms with Crippen molar-refractivity contribution < 1.29 is 19.0 Å². The Morgan fingerprint density at radius 1 is 1.29 bits per heavy atom. The van der Waals surface area contributed by atoms with E-state index in [2.05, 4.69) is 5.32 Å². The predicted octanol–water partition coefficient (Wildman–Crippen LogP) is 0.333. The zero-order valence-electron chi connectivity index (χ0n) is 10.3. The molecule has 98 valence electrons. The van der Waals surface area contributed by atoms with Crippen LogP contribution < -0.4 is 5.32 Å². The molecular formula is C12H21NO4. The molecule has 2 atom stereocenters. The molecule has 2 aliphatic rings. The number of ether oxygens (including phenoxy) is 3. The van der Waals surface area contributed by atoms with Crippen LogP contribution in [0.3, 0.4) is 0 Å². The van der Waals surface area contributed by atoms with Gasteiger partial charge in [0.05, 0.1) is 32.3 Å². The number of nitrogens with one attached hydrogen (secondary N) is 1. The Morgan fingerprint density at radius 3 is 2.76 bits per heavy atom. The zero-order valence-corrected chi connectivity index (χ0v) is 10.3. The number of esters is 1. The Labute approximate surface area is 102 Å². The highest BCUT2D eigenvalue weighted by atomic mass is 16.6. The molecule has 0 radical (unpaired) electrons. The van der Waals surface area contributed by atoms with Gasteiger partial charge in [-0.15, -0.1) is 0 Å². The second-order valence-corrected chi connectivity index (χ2v) is 4.56. The van der Waals surface area contributed by atoms with E-state index in [0.717, 1.165) is 19.4 Å². The first-order valence-corrected chi connectivity index (χ1v) is 6.40. The lowest BCUT2D eigenvalue weighted by Gasteiger charge is -2.25. The van der Waals surface area contributed by atoms with Crippen molar-refractivity contribution in [1.82, 2.24) is 5.32 Å². The summed E-state index contributed by atoms with van der Waals surface area (Å²) in [5.41, 5.74) is 0. The van der Waals surface area contributed by atoms with Crippen molar-refractivity contribution >= 4 is 5.97 Å². The van der Waals surface area contributed by atoms with Crippen molar-refractivity contribution in [1.29, 1.82) is 0 Å². The van der Waals surface area contributed by atoms with Crippen LogP contribution in [0.4, 0.5) is 0 Å². The molecule has 0 spiro atoms.